The highest BCUT2D eigenvalue weighted by Crippen LogP contribution is 2.35. The second-order valence-electron chi connectivity index (χ2n) is 7.96. The molecule has 1 fully saturated rings. The molecule has 1 N–H and O–H groups in total. The van der Waals surface area contributed by atoms with Crippen LogP contribution in [0.3, 0.4) is 0 Å². The molecule has 2 aromatic heterocycles. The molecular formula is C25H22N4O7. The van der Waals surface area contributed by atoms with Gasteiger partial charge in [0.2, 0.25) is 5.88 Å². The summed E-state index contributed by atoms with van der Waals surface area (Å²) in [4.78, 5) is 37.8. The molecule has 4 atom stereocenters. The first-order valence-corrected chi connectivity index (χ1v) is 11.1. The van der Waals surface area contributed by atoms with Crippen molar-refractivity contribution in [3.05, 3.63) is 84.4 Å². The number of fused-ring (bicyclic) bond motifs is 1. The molecule has 0 radical (unpaired) electrons. The Morgan fingerprint density at radius 3 is 2.31 bits per heavy atom. The first-order chi connectivity index (χ1) is 17.6. The van der Waals surface area contributed by atoms with Crippen molar-refractivity contribution in [1.29, 1.82) is 0 Å². The smallest absolute Gasteiger partial charge is 0.338 e. The lowest BCUT2D eigenvalue weighted by atomic mass is 10.1. The van der Waals surface area contributed by atoms with Crippen LogP contribution >= 0.6 is 0 Å². The maximum Gasteiger partial charge on any atom is 0.338 e. The van der Waals surface area contributed by atoms with Gasteiger partial charge < -0.3 is 24.1 Å². The highest BCUT2D eigenvalue weighted by molar-refractivity contribution is 5.90. The first kappa shape index (κ1) is 23.4. The molecule has 0 aliphatic carbocycles. The highest BCUT2D eigenvalue weighted by Gasteiger charge is 2.48. The fourth-order valence-corrected chi connectivity index (χ4v) is 3.95. The summed E-state index contributed by atoms with van der Waals surface area (Å²) in [7, 11) is 1.46. The number of aliphatic hydroxyl groups is 1. The molecule has 11 nitrogen and oxygen atoms in total. The summed E-state index contributed by atoms with van der Waals surface area (Å²) in [5, 5.41) is 11.1. The summed E-state index contributed by atoms with van der Waals surface area (Å²) in [6.07, 6.45) is -1.74. The van der Waals surface area contributed by atoms with Crippen LogP contribution in [0, 0.1) is 0 Å². The molecule has 1 aliphatic heterocycles. The number of aliphatic hydroxyl groups excluding tert-OH is 1. The van der Waals surface area contributed by atoms with E-state index in [1.165, 1.54) is 24.3 Å². The van der Waals surface area contributed by atoms with Gasteiger partial charge in [-0.2, -0.15) is 4.98 Å². The van der Waals surface area contributed by atoms with Crippen LogP contribution in [0.4, 0.5) is 0 Å². The van der Waals surface area contributed by atoms with E-state index in [1.807, 2.05) is 0 Å². The minimum atomic E-state index is -1.31. The predicted molar refractivity (Wildman–Crippen MR) is 124 cm³/mol. The monoisotopic (exact) mass is 490 g/mol. The lowest BCUT2D eigenvalue weighted by Gasteiger charge is -2.22. The fourth-order valence-electron chi connectivity index (χ4n) is 3.95. The van der Waals surface area contributed by atoms with Gasteiger partial charge in [0.1, 0.15) is 25.1 Å². The van der Waals surface area contributed by atoms with E-state index >= 15 is 0 Å². The van der Waals surface area contributed by atoms with Gasteiger partial charge in [0.25, 0.3) is 0 Å². The van der Waals surface area contributed by atoms with Gasteiger partial charge in [-0.3, -0.25) is 4.57 Å². The molecule has 4 aromatic rings. The number of carbonyl (C=O) groups is 2. The Bertz CT molecular complexity index is 1360. The molecule has 2 aromatic carbocycles. The number of methoxy groups -OCH3 is 1. The van der Waals surface area contributed by atoms with E-state index in [0.29, 0.717) is 22.3 Å². The summed E-state index contributed by atoms with van der Waals surface area (Å²) < 4.78 is 23.9. The number of rotatable bonds is 7. The van der Waals surface area contributed by atoms with Crippen molar-refractivity contribution in [2.75, 3.05) is 13.7 Å². The first-order valence-electron chi connectivity index (χ1n) is 11.1. The molecule has 0 spiro atoms. The summed E-state index contributed by atoms with van der Waals surface area (Å²) >= 11 is 0. The van der Waals surface area contributed by atoms with Crippen molar-refractivity contribution in [3.63, 3.8) is 0 Å². The molecule has 3 heterocycles. The van der Waals surface area contributed by atoms with Gasteiger partial charge in [-0.05, 0) is 24.3 Å². The average molecular weight is 490 g/mol. The van der Waals surface area contributed by atoms with E-state index in [1.54, 1.807) is 60.7 Å². The largest absolute Gasteiger partial charge is 0.479 e. The molecule has 11 heteroatoms. The Morgan fingerprint density at radius 2 is 1.64 bits per heavy atom. The van der Waals surface area contributed by atoms with E-state index in [-0.39, 0.29) is 12.5 Å². The van der Waals surface area contributed by atoms with Gasteiger partial charge in [0, 0.05) is 0 Å². The zero-order valence-corrected chi connectivity index (χ0v) is 19.1. The van der Waals surface area contributed by atoms with Crippen molar-refractivity contribution >= 4 is 23.1 Å². The minimum absolute atomic E-state index is 0.253. The van der Waals surface area contributed by atoms with E-state index in [2.05, 4.69) is 15.0 Å². The maximum atomic E-state index is 12.8. The van der Waals surface area contributed by atoms with Gasteiger partial charge >= 0.3 is 11.9 Å². The van der Waals surface area contributed by atoms with E-state index in [4.69, 9.17) is 18.9 Å². The number of ether oxygens (including phenoxy) is 4. The van der Waals surface area contributed by atoms with Gasteiger partial charge in [-0.1, -0.05) is 36.4 Å². The van der Waals surface area contributed by atoms with Crippen molar-refractivity contribution in [1.82, 2.24) is 19.5 Å². The molecule has 0 saturated carbocycles. The number of carbonyl (C=O) groups excluding carboxylic acids is 2. The second-order valence-corrected chi connectivity index (χ2v) is 7.96. The lowest BCUT2D eigenvalue weighted by molar-refractivity contribution is -0.0601. The van der Waals surface area contributed by atoms with Crippen LogP contribution in [0.1, 0.15) is 26.9 Å². The standard InChI is InChI=1S/C25H22N4O7/c1-33-22-18-21(26-13-27-22)29(14-28-18)23-20(36-25(32)16-10-6-3-7-11-16)19(30)17(35-23)12-34-24(31)15-8-4-2-5-9-15/h2-11,13-14,17,19-20,23,30H,12H2,1H3/t17-,19-,20+,23-/m1/s1. The van der Waals surface area contributed by atoms with Crippen molar-refractivity contribution in [2.45, 2.75) is 24.5 Å². The van der Waals surface area contributed by atoms with Gasteiger partial charge in [0.15, 0.2) is 23.5 Å². The number of nitrogens with zero attached hydrogens (tertiary/aromatic N) is 4. The van der Waals surface area contributed by atoms with Crippen LogP contribution < -0.4 is 4.74 Å². The molecule has 1 aliphatic rings. The number of hydrogen-bond donors (Lipinski definition) is 1. The summed E-state index contributed by atoms with van der Waals surface area (Å²) in [5.74, 6) is -0.964. The molecule has 0 unspecified atom stereocenters. The normalized spacial score (nSPS) is 21.3. The van der Waals surface area contributed by atoms with E-state index < -0.39 is 36.5 Å². The van der Waals surface area contributed by atoms with Crippen LogP contribution in [0.15, 0.2) is 73.3 Å². The Morgan fingerprint density at radius 1 is 0.972 bits per heavy atom. The Labute approximate surface area is 205 Å². The SMILES string of the molecule is COc1ncnc2c1ncn2[C@@H]1O[C@H](COC(=O)c2ccccc2)[C@@H](O)[C@@H]1OC(=O)c1ccccc1. The van der Waals surface area contributed by atoms with Crippen LogP contribution in [-0.2, 0) is 14.2 Å². The molecule has 1 saturated heterocycles. The summed E-state index contributed by atoms with van der Waals surface area (Å²) in [5.41, 5.74) is 1.38. The third-order valence-corrected chi connectivity index (χ3v) is 5.75. The number of benzene rings is 2. The lowest BCUT2D eigenvalue weighted by Crippen LogP contribution is -2.37. The maximum absolute atomic E-state index is 12.8. The number of esters is 2. The zero-order chi connectivity index (χ0) is 25.1. The van der Waals surface area contributed by atoms with E-state index in [9.17, 15) is 14.7 Å². The Kier molecular flexibility index (Phi) is 6.56. The number of aromatic nitrogens is 4. The molecule has 184 valence electrons. The van der Waals surface area contributed by atoms with Gasteiger partial charge in [-0.25, -0.2) is 19.6 Å². The van der Waals surface area contributed by atoms with Crippen molar-refractivity contribution in [2.24, 2.45) is 0 Å². The second kappa shape index (κ2) is 10.1. The molecule has 0 amide bonds. The Hall–Kier alpha value is -4.35. The van der Waals surface area contributed by atoms with Crippen LogP contribution in [0.25, 0.3) is 11.2 Å². The topological polar surface area (TPSA) is 135 Å². The van der Waals surface area contributed by atoms with Gasteiger partial charge in [-0.15, -0.1) is 0 Å². The van der Waals surface area contributed by atoms with Gasteiger partial charge in [0.05, 0.1) is 24.6 Å². The quantitative estimate of drug-likeness (QED) is 0.384. The number of hydrogen-bond acceptors (Lipinski definition) is 10. The predicted octanol–water partition coefficient (Wildman–Crippen LogP) is 2.18. The molecule has 36 heavy (non-hydrogen) atoms. The minimum Gasteiger partial charge on any atom is -0.479 e. The average Bonchev–Trinajstić information content (AvgIpc) is 3.49. The molecule has 0 bridgehead atoms. The van der Waals surface area contributed by atoms with E-state index in [0.717, 1.165) is 0 Å². The van der Waals surface area contributed by atoms with Crippen molar-refractivity contribution < 1.29 is 33.6 Å². The molecular weight excluding hydrogens is 468 g/mol. The fraction of sp³-hybridized carbons (Fsp3) is 0.240. The summed E-state index contributed by atoms with van der Waals surface area (Å²) in [6.45, 7) is -0.268. The third kappa shape index (κ3) is 4.49. The summed E-state index contributed by atoms with van der Waals surface area (Å²) in [6, 6.07) is 16.8. The third-order valence-electron chi connectivity index (χ3n) is 5.75. The molecule has 5 rings (SSSR count). The van der Waals surface area contributed by atoms with Crippen LogP contribution in [-0.4, -0.2) is 68.6 Å². The highest BCUT2D eigenvalue weighted by atomic mass is 16.6. The number of imidazole rings is 1. The van der Waals surface area contributed by atoms with Crippen molar-refractivity contribution in [3.8, 4) is 5.88 Å². The van der Waals surface area contributed by atoms with Crippen LogP contribution in [0.2, 0.25) is 0 Å². The van der Waals surface area contributed by atoms with Crippen LogP contribution in [0.5, 0.6) is 5.88 Å². The Balaban J connectivity index is 1.42. The zero-order valence-electron chi connectivity index (χ0n) is 19.1.